The molecule has 1 aromatic carbocycles. The lowest BCUT2D eigenvalue weighted by molar-refractivity contribution is -0.0782. The van der Waals surface area contributed by atoms with Crippen molar-refractivity contribution in [2.45, 2.75) is 63.0 Å². The Balaban J connectivity index is 1.70. The van der Waals surface area contributed by atoms with E-state index in [1.165, 1.54) is 30.4 Å². The Morgan fingerprint density at radius 1 is 1.33 bits per heavy atom. The van der Waals surface area contributed by atoms with Crippen molar-refractivity contribution in [1.29, 1.82) is 0 Å². The Morgan fingerprint density at radius 3 is 2.67 bits per heavy atom. The normalized spacial score (nSPS) is 33.1. The van der Waals surface area contributed by atoms with Gasteiger partial charge in [-0.25, -0.2) is 0 Å². The van der Waals surface area contributed by atoms with Crippen molar-refractivity contribution in [3.63, 3.8) is 0 Å². The van der Waals surface area contributed by atoms with Crippen LogP contribution in [0.1, 0.15) is 56.1 Å². The minimum absolute atomic E-state index is 0.0776. The summed E-state index contributed by atoms with van der Waals surface area (Å²) in [6, 6.07) is 9.02. The summed E-state index contributed by atoms with van der Waals surface area (Å²) in [5.74, 6) is 7.36. The summed E-state index contributed by atoms with van der Waals surface area (Å²) in [4.78, 5) is 0. The van der Waals surface area contributed by atoms with E-state index < -0.39 is 0 Å². The Labute approximate surface area is 128 Å². The Kier molecular flexibility index (Phi) is 4.34. The predicted octanol–water partition coefficient (Wildman–Crippen LogP) is 3.14. The van der Waals surface area contributed by atoms with Gasteiger partial charge in [0.2, 0.25) is 0 Å². The van der Waals surface area contributed by atoms with Gasteiger partial charge in [0.05, 0.1) is 11.6 Å². The number of methoxy groups -OCH3 is 1. The van der Waals surface area contributed by atoms with E-state index in [2.05, 4.69) is 36.6 Å². The summed E-state index contributed by atoms with van der Waals surface area (Å²) in [5, 5.41) is 0. The van der Waals surface area contributed by atoms with Crippen LogP contribution in [0.4, 0.5) is 0 Å². The summed E-state index contributed by atoms with van der Waals surface area (Å²) in [6.07, 6.45) is 6.99. The van der Waals surface area contributed by atoms with Crippen molar-refractivity contribution < 1.29 is 4.74 Å². The fourth-order valence-electron chi connectivity index (χ4n) is 4.24. The number of nitrogens with one attached hydrogen (secondary N) is 1. The van der Waals surface area contributed by atoms with Gasteiger partial charge in [0.15, 0.2) is 0 Å². The maximum atomic E-state index is 6.00. The van der Waals surface area contributed by atoms with Crippen LogP contribution in [0.3, 0.4) is 0 Å². The monoisotopic (exact) mass is 288 g/mol. The fraction of sp³-hybridized carbons (Fsp3) is 0.667. The number of rotatable bonds is 5. The molecule has 2 atom stereocenters. The smallest absolute Gasteiger partial charge is 0.0844 e. The molecular weight excluding hydrogens is 260 g/mol. The van der Waals surface area contributed by atoms with Gasteiger partial charge in [0, 0.05) is 7.11 Å². The average molecular weight is 288 g/mol. The summed E-state index contributed by atoms with van der Waals surface area (Å²) < 4.78 is 6.00. The third-order valence-electron chi connectivity index (χ3n) is 5.84. The molecule has 3 nitrogen and oxygen atoms in total. The molecule has 21 heavy (non-hydrogen) atoms. The highest BCUT2D eigenvalue weighted by molar-refractivity contribution is 5.40. The molecule has 0 bridgehead atoms. The number of hydrogen-bond acceptors (Lipinski definition) is 3. The van der Waals surface area contributed by atoms with E-state index in [9.17, 15) is 0 Å². The standard InChI is InChI=1S/C18H28N2O/c1-13-7-9-18(21-2,10-8-13)17(20-19)12-15-11-14-5-3-4-6-16(14)15/h3-6,13,15,17,20H,7-12,19H2,1-2H3. The first-order chi connectivity index (χ1) is 10.2. The molecule has 3 rings (SSSR count). The molecule has 0 amide bonds. The lowest BCUT2D eigenvalue weighted by Gasteiger charge is -2.46. The third kappa shape index (κ3) is 2.75. The lowest BCUT2D eigenvalue weighted by Crippen LogP contribution is -2.56. The SMILES string of the molecule is COC1(C(CC2Cc3ccccc32)NN)CCC(C)CC1. The van der Waals surface area contributed by atoms with Crippen LogP contribution in [0, 0.1) is 5.92 Å². The molecule has 0 radical (unpaired) electrons. The summed E-state index contributed by atoms with van der Waals surface area (Å²) in [7, 11) is 1.86. The van der Waals surface area contributed by atoms with Gasteiger partial charge in [-0.05, 0) is 61.5 Å². The van der Waals surface area contributed by atoms with Gasteiger partial charge in [0.25, 0.3) is 0 Å². The van der Waals surface area contributed by atoms with Crippen LogP contribution in [0.15, 0.2) is 24.3 Å². The van der Waals surface area contributed by atoms with Crippen molar-refractivity contribution in [1.82, 2.24) is 5.43 Å². The number of fused-ring (bicyclic) bond motifs is 1. The molecule has 1 aromatic rings. The van der Waals surface area contributed by atoms with Crippen LogP contribution in [0.5, 0.6) is 0 Å². The summed E-state index contributed by atoms with van der Waals surface area (Å²) in [6.45, 7) is 2.34. The van der Waals surface area contributed by atoms with E-state index in [0.29, 0.717) is 5.92 Å². The van der Waals surface area contributed by atoms with Crippen LogP contribution in [-0.4, -0.2) is 18.8 Å². The predicted molar refractivity (Wildman–Crippen MR) is 86.0 cm³/mol. The number of hydrogen-bond donors (Lipinski definition) is 2. The van der Waals surface area contributed by atoms with Crippen LogP contribution < -0.4 is 11.3 Å². The Bertz CT molecular complexity index is 480. The minimum Gasteiger partial charge on any atom is -0.377 e. The number of ether oxygens (including phenoxy) is 1. The van der Waals surface area contributed by atoms with Gasteiger partial charge >= 0.3 is 0 Å². The molecule has 2 unspecified atom stereocenters. The second-order valence-electron chi connectivity index (χ2n) is 7.01. The highest BCUT2D eigenvalue weighted by atomic mass is 16.5. The van der Waals surface area contributed by atoms with E-state index in [1.807, 2.05) is 7.11 Å². The van der Waals surface area contributed by atoms with E-state index >= 15 is 0 Å². The van der Waals surface area contributed by atoms with Gasteiger partial charge in [-0.3, -0.25) is 11.3 Å². The van der Waals surface area contributed by atoms with Crippen molar-refractivity contribution in [3.05, 3.63) is 35.4 Å². The third-order valence-corrected chi connectivity index (χ3v) is 5.84. The van der Waals surface area contributed by atoms with Crippen molar-refractivity contribution in [2.75, 3.05) is 7.11 Å². The van der Waals surface area contributed by atoms with Gasteiger partial charge < -0.3 is 4.74 Å². The van der Waals surface area contributed by atoms with Gasteiger partial charge in [-0.15, -0.1) is 0 Å². The Morgan fingerprint density at radius 2 is 2.05 bits per heavy atom. The van der Waals surface area contributed by atoms with E-state index in [0.717, 1.165) is 25.2 Å². The highest BCUT2D eigenvalue weighted by Gasteiger charge is 2.43. The molecular formula is C18H28N2O. The number of hydrazine groups is 1. The molecule has 2 aliphatic rings. The molecule has 0 aromatic heterocycles. The molecule has 3 heteroatoms. The van der Waals surface area contributed by atoms with Crippen LogP contribution >= 0.6 is 0 Å². The van der Waals surface area contributed by atoms with Gasteiger partial charge in [-0.1, -0.05) is 31.2 Å². The zero-order valence-corrected chi connectivity index (χ0v) is 13.3. The second kappa shape index (κ2) is 6.07. The minimum atomic E-state index is -0.0776. The average Bonchev–Trinajstić information content (AvgIpc) is 2.50. The van der Waals surface area contributed by atoms with Crippen molar-refractivity contribution in [2.24, 2.45) is 11.8 Å². The molecule has 1 fully saturated rings. The van der Waals surface area contributed by atoms with Crippen LogP contribution in [0.25, 0.3) is 0 Å². The first kappa shape index (κ1) is 15.0. The lowest BCUT2D eigenvalue weighted by atomic mass is 9.68. The van der Waals surface area contributed by atoms with E-state index in [4.69, 9.17) is 10.6 Å². The molecule has 116 valence electrons. The Hall–Kier alpha value is -0.900. The molecule has 1 saturated carbocycles. The zero-order valence-electron chi connectivity index (χ0n) is 13.3. The summed E-state index contributed by atoms with van der Waals surface area (Å²) >= 11 is 0. The second-order valence-corrected chi connectivity index (χ2v) is 7.01. The molecule has 3 N–H and O–H groups in total. The maximum absolute atomic E-state index is 6.00. The molecule has 0 aliphatic heterocycles. The van der Waals surface area contributed by atoms with Crippen molar-refractivity contribution in [3.8, 4) is 0 Å². The molecule has 2 aliphatic carbocycles. The fourth-order valence-corrected chi connectivity index (χ4v) is 4.24. The first-order valence-electron chi connectivity index (χ1n) is 8.27. The first-order valence-corrected chi connectivity index (χ1v) is 8.27. The number of benzene rings is 1. The van der Waals surface area contributed by atoms with Gasteiger partial charge in [0.1, 0.15) is 0 Å². The summed E-state index contributed by atoms with van der Waals surface area (Å²) in [5.41, 5.74) is 6.02. The highest BCUT2D eigenvalue weighted by Crippen LogP contribution is 2.43. The van der Waals surface area contributed by atoms with Crippen LogP contribution in [-0.2, 0) is 11.2 Å². The zero-order chi connectivity index (χ0) is 14.9. The molecule has 0 spiro atoms. The maximum Gasteiger partial charge on any atom is 0.0844 e. The van der Waals surface area contributed by atoms with E-state index in [1.54, 1.807) is 0 Å². The van der Waals surface area contributed by atoms with E-state index in [-0.39, 0.29) is 11.6 Å². The number of nitrogens with two attached hydrogens (primary N) is 1. The van der Waals surface area contributed by atoms with Gasteiger partial charge in [-0.2, -0.15) is 0 Å². The largest absolute Gasteiger partial charge is 0.377 e. The van der Waals surface area contributed by atoms with Crippen LogP contribution in [0.2, 0.25) is 0 Å². The molecule has 0 saturated heterocycles. The molecule has 0 heterocycles. The van der Waals surface area contributed by atoms with Crippen molar-refractivity contribution >= 4 is 0 Å². The topological polar surface area (TPSA) is 47.3 Å². The quantitative estimate of drug-likeness (QED) is 0.646.